The van der Waals surface area contributed by atoms with Crippen LogP contribution in [0.2, 0.25) is 0 Å². The van der Waals surface area contributed by atoms with Crippen LogP contribution in [0.1, 0.15) is 41.3 Å². The van der Waals surface area contributed by atoms with E-state index in [4.69, 9.17) is 16.0 Å². The summed E-state index contributed by atoms with van der Waals surface area (Å²) in [6.07, 6.45) is 4.64. The number of carbonyl (C=O) groups excluding carboxylic acids is 2. The standard InChI is InChI=1S/C22H31N5O4/c1-25(2)22(30)20-12-17-11-15(4-6-19(17)31-20)16-3-5-18(14-28)27(13-16)21(29)7-9-26(24)10-8-23/h4,6,8,10-12,16,18,28H,3,5,7,9,13-14,23-24H2,1-2H3/b10-8-. The molecule has 3 rings (SSSR count). The van der Waals surface area contributed by atoms with Crippen LogP contribution in [0.25, 0.3) is 11.0 Å². The molecule has 1 aliphatic rings. The first-order chi connectivity index (χ1) is 14.8. The van der Waals surface area contributed by atoms with Gasteiger partial charge in [-0.05, 0) is 36.6 Å². The molecule has 2 amide bonds. The fourth-order valence-corrected chi connectivity index (χ4v) is 3.99. The number of benzene rings is 1. The normalized spacial score (nSPS) is 19.2. The summed E-state index contributed by atoms with van der Waals surface area (Å²) in [6, 6.07) is 7.43. The summed E-state index contributed by atoms with van der Waals surface area (Å²) in [5, 5.41) is 12.0. The zero-order valence-electron chi connectivity index (χ0n) is 18.0. The smallest absolute Gasteiger partial charge is 0.289 e. The van der Waals surface area contributed by atoms with Crippen molar-refractivity contribution in [3.8, 4) is 0 Å². The number of hydrogen-bond donors (Lipinski definition) is 3. The highest BCUT2D eigenvalue weighted by molar-refractivity contribution is 5.96. The van der Waals surface area contributed by atoms with Crippen LogP contribution in [0.3, 0.4) is 0 Å². The van der Waals surface area contributed by atoms with Gasteiger partial charge in [0.05, 0.1) is 12.6 Å². The highest BCUT2D eigenvalue weighted by Gasteiger charge is 2.32. The largest absolute Gasteiger partial charge is 0.451 e. The topological polar surface area (TPSA) is 129 Å². The van der Waals surface area contributed by atoms with Gasteiger partial charge < -0.3 is 30.1 Å². The first kappa shape index (κ1) is 22.6. The third-order valence-corrected chi connectivity index (χ3v) is 5.73. The molecule has 0 saturated carbocycles. The molecule has 2 atom stereocenters. The van der Waals surface area contributed by atoms with Gasteiger partial charge in [-0.3, -0.25) is 9.59 Å². The van der Waals surface area contributed by atoms with Crippen molar-refractivity contribution in [3.63, 3.8) is 0 Å². The van der Waals surface area contributed by atoms with E-state index in [0.29, 0.717) is 24.4 Å². The number of furan rings is 1. The van der Waals surface area contributed by atoms with Crippen molar-refractivity contribution in [2.24, 2.45) is 11.6 Å². The molecule has 0 aliphatic carbocycles. The third kappa shape index (κ3) is 5.18. The van der Waals surface area contributed by atoms with E-state index < -0.39 is 0 Å². The van der Waals surface area contributed by atoms with Gasteiger partial charge in [-0.1, -0.05) is 6.07 Å². The zero-order valence-corrected chi connectivity index (χ0v) is 18.0. The summed E-state index contributed by atoms with van der Waals surface area (Å²) in [7, 11) is 3.37. The lowest BCUT2D eigenvalue weighted by Crippen LogP contribution is -2.48. The summed E-state index contributed by atoms with van der Waals surface area (Å²) in [4.78, 5) is 28.2. The highest BCUT2D eigenvalue weighted by atomic mass is 16.3. The maximum absolute atomic E-state index is 12.8. The quantitative estimate of drug-likeness (QED) is 0.445. The Bertz CT molecular complexity index is 955. The van der Waals surface area contributed by atoms with Crippen molar-refractivity contribution in [1.29, 1.82) is 0 Å². The molecule has 31 heavy (non-hydrogen) atoms. The second-order valence-corrected chi connectivity index (χ2v) is 8.09. The molecule has 9 nitrogen and oxygen atoms in total. The number of aliphatic hydroxyl groups is 1. The number of likely N-dealkylation sites (tertiary alicyclic amines) is 1. The molecule has 1 saturated heterocycles. The molecular formula is C22H31N5O4. The van der Waals surface area contributed by atoms with Gasteiger partial charge >= 0.3 is 0 Å². The van der Waals surface area contributed by atoms with Crippen molar-refractivity contribution in [3.05, 3.63) is 48.0 Å². The summed E-state index contributed by atoms with van der Waals surface area (Å²) < 4.78 is 5.68. The number of nitrogens with two attached hydrogens (primary N) is 2. The zero-order chi connectivity index (χ0) is 22.5. The highest BCUT2D eigenvalue weighted by Crippen LogP contribution is 2.33. The van der Waals surface area contributed by atoms with Crippen LogP contribution in [-0.2, 0) is 4.79 Å². The molecule has 0 radical (unpaired) electrons. The average molecular weight is 430 g/mol. The number of amides is 2. The first-order valence-corrected chi connectivity index (χ1v) is 10.4. The second kappa shape index (κ2) is 9.84. The molecular weight excluding hydrogens is 398 g/mol. The predicted molar refractivity (Wildman–Crippen MR) is 118 cm³/mol. The lowest BCUT2D eigenvalue weighted by molar-refractivity contribution is -0.136. The van der Waals surface area contributed by atoms with Crippen LogP contribution in [0.4, 0.5) is 0 Å². The molecule has 2 unspecified atom stereocenters. The van der Waals surface area contributed by atoms with Crippen LogP contribution in [0.15, 0.2) is 41.1 Å². The molecule has 2 aromatic rings. The minimum atomic E-state index is -0.193. The van der Waals surface area contributed by atoms with E-state index in [1.54, 1.807) is 25.1 Å². The Kier molecular flexibility index (Phi) is 7.19. The fraction of sp³-hybridized carbons (Fsp3) is 0.455. The molecule has 168 valence electrons. The van der Waals surface area contributed by atoms with Gasteiger partial charge in [-0.15, -0.1) is 0 Å². The van der Waals surface area contributed by atoms with Gasteiger partial charge in [-0.2, -0.15) is 0 Å². The van der Waals surface area contributed by atoms with Gasteiger partial charge in [0, 0.05) is 57.3 Å². The van der Waals surface area contributed by atoms with Crippen molar-refractivity contribution < 1.29 is 19.1 Å². The molecule has 1 aromatic heterocycles. The average Bonchev–Trinajstić information content (AvgIpc) is 3.19. The van der Waals surface area contributed by atoms with Crippen molar-refractivity contribution in [2.45, 2.75) is 31.2 Å². The molecule has 1 aliphatic heterocycles. The summed E-state index contributed by atoms with van der Waals surface area (Å²) in [6.45, 7) is 0.800. The number of nitrogens with zero attached hydrogens (tertiary/aromatic N) is 3. The lowest BCUT2D eigenvalue weighted by Gasteiger charge is -2.39. The van der Waals surface area contributed by atoms with E-state index in [2.05, 4.69) is 0 Å². The van der Waals surface area contributed by atoms with E-state index in [9.17, 15) is 14.7 Å². The Balaban J connectivity index is 1.75. The van der Waals surface area contributed by atoms with Crippen LogP contribution in [-0.4, -0.2) is 71.6 Å². The minimum absolute atomic E-state index is 0.0483. The fourth-order valence-electron chi connectivity index (χ4n) is 3.99. The number of hydrazine groups is 1. The second-order valence-electron chi connectivity index (χ2n) is 8.09. The SMILES string of the molecule is CN(C)C(=O)c1cc2cc(C3CCC(CO)N(C(=O)CCN(N)/C=C\N)C3)ccc2o1. The Morgan fingerprint density at radius 3 is 2.74 bits per heavy atom. The number of aliphatic hydroxyl groups excluding tert-OH is 1. The van der Waals surface area contributed by atoms with E-state index >= 15 is 0 Å². The molecule has 1 aromatic carbocycles. The summed E-state index contributed by atoms with van der Waals surface area (Å²) >= 11 is 0. The summed E-state index contributed by atoms with van der Waals surface area (Å²) in [5.74, 6) is 5.96. The molecule has 1 fully saturated rings. The molecule has 0 spiro atoms. The van der Waals surface area contributed by atoms with Gasteiger partial charge in [0.2, 0.25) is 5.91 Å². The first-order valence-electron chi connectivity index (χ1n) is 10.4. The summed E-state index contributed by atoms with van der Waals surface area (Å²) in [5.41, 5.74) is 7.05. The van der Waals surface area contributed by atoms with Gasteiger partial charge in [0.25, 0.3) is 5.91 Å². The van der Waals surface area contributed by atoms with Crippen LogP contribution in [0.5, 0.6) is 0 Å². The Hall–Kier alpha value is -3.04. The van der Waals surface area contributed by atoms with Crippen molar-refractivity contribution in [1.82, 2.24) is 14.8 Å². The number of carbonyl (C=O) groups is 2. The van der Waals surface area contributed by atoms with E-state index in [1.165, 1.54) is 22.3 Å². The minimum Gasteiger partial charge on any atom is -0.451 e. The number of hydrogen-bond acceptors (Lipinski definition) is 7. The molecule has 2 heterocycles. The van der Waals surface area contributed by atoms with Crippen molar-refractivity contribution in [2.75, 3.05) is 33.8 Å². The van der Waals surface area contributed by atoms with Gasteiger partial charge in [0.1, 0.15) is 5.58 Å². The Labute approximate surface area is 181 Å². The molecule has 0 bridgehead atoms. The van der Waals surface area contributed by atoms with Crippen LogP contribution >= 0.6 is 0 Å². The van der Waals surface area contributed by atoms with E-state index in [0.717, 1.165) is 23.8 Å². The monoisotopic (exact) mass is 429 g/mol. The number of rotatable bonds is 7. The van der Waals surface area contributed by atoms with Gasteiger partial charge in [0.15, 0.2) is 5.76 Å². The van der Waals surface area contributed by atoms with Gasteiger partial charge in [-0.25, -0.2) is 5.84 Å². The van der Waals surface area contributed by atoms with Crippen LogP contribution in [0, 0.1) is 0 Å². The van der Waals surface area contributed by atoms with E-state index in [1.807, 2.05) is 18.2 Å². The third-order valence-electron chi connectivity index (χ3n) is 5.73. The Morgan fingerprint density at radius 1 is 1.29 bits per heavy atom. The lowest BCUT2D eigenvalue weighted by atomic mass is 9.87. The van der Waals surface area contributed by atoms with Crippen LogP contribution < -0.4 is 11.6 Å². The molecule has 9 heteroatoms. The van der Waals surface area contributed by atoms with Crippen molar-refractivity contribution >= 4 is 22.8 Å². The number of piperidine rings is 1. The predicted octanol–water partition coefficient (Wildman–Crippen LogP) is 1.20. The maximum Gasteiger partial charge on any atom is 0.289 e. The molecule has 5 N–H and O–H groups in total. The van der Waals surface area contributed by atoms with E-state index in [-0.39, 0.29) is 36.8 Å². The Morgan fingerprint density at radius 2 is 2.06 bits per heavy atom. The number of fused-ring (bicyclic) bond motifs is 1. The maximum atomic E-state index is 12.8.